The van der Waals surface area contributed by atoms with Gasteiger partial charge < -0.3 is 18.6 Å². The largest absolute Gasteiger partial charge is 0.494 e. The van der Waals surface area contributed by atoms with Gasteiger partial charge in [0.2, 0.25) is 0 Å². The number of halogens is 1. The zero-order valence-electron chi connectivity index (χ0n) is 19.8. The zero-order valence-corrected chi connectivity index (χ0v) is 20.8. The summed E-state index contributed by atoms with van der Waals surface area (Å²) in [6.45, 7) is 19.0. The highest BCUT2D eigenvalue weighted by Gasteiger charge is 2.52. The Morgan fingerprint density at radius 3 is 2.23 bits per heavy atom. The average Bonchev–Trinajstić information content (AvgIpc) is 3.03. The van der Waals surface area contributed by atoms with Crippen LogP contribution in [0, 0.1) is 5.82 Å². The van der Waals surface area contributed by atoms with Gasteiger partial charge in [-0.1, -0.05) is 26.8 Å². The van der Waals surface area contributed by atoms with Gasteiger partial charge in [-0.05, 0) is 69.8 Å². The van der Waals surface area contributed by atoms with Crippen LogP contribution in [0.15, 0.2) is 18.2 Å². The number of hydrogen-bond donors (Lipinski definition) is 0. The third kappa shape index (κ3) is 4.11. The summed E-state index contributed by atoms with van der Waals surface area (Å²) in [6, 6.07) is 4.82. The molecule has 0 aliphatic carbocycles. The van der Waals surface area contributed by atoms with Crippen LogP contribution in [0.2, 0.25) is 18.1 Å². The predicted molar refractivity (Wildman–Crippen MR) is 121 cm³/mol. The van der Waals surface area contributed by atoms with Crippen molar-refractivity contribution in [2.75, 3.05) is 11.4 Å². The third-order valence-electron chi connectivity index (χ3n) is 7.19. The fourth-order valence-corrected chi connectivity index (χ4v) is 4.69. The van der Waals surface area contributed by atoms with Crippen molar-refractivity contribution in [3.63, 3.8) is 0 Å². The molecule has 1 atom stereocenters. The van der Waals surface area contributed by atoms with Crippen molar-refractivity contribution in [2.24, 2.45) is 0 Å². The van der Waals surface area contributed by atoms with Crippen LogP contribution in [0.5, 0.6) is 0 Å². The lowest BCUT2D eigenvalue weighted by Gasteiger charge is -2.37. The molecule has 2 fully saturated rings. The van der Waals surface area contributed by atoms with Crippen molar-refractivity contribution >= 4 is 32.5 Å². The lowest BCUT2D eigenvalue weighted by Crippen LogP contribution is -2.46. The molecule has 2 heterocycles. The fourth-order valence-electron chi connectivity index (χ4n) is 3.40. The summed E-state index contributed by atoms with van der Waals surface area (Å²) in [5.41, 5.74) is -0.102. The van der Waals surface area contributed by atoms with Gasteiger partial charge in [0.05, 0.1) is 16.9 Å². The quantitative estimate of drug-likeness (QED) is 0.664. The Kier molecular flexibility index (Phi) is 5.81. The van der Waals surface area contributed by atoms with E-state index in [1.165, 1.54) is 11.0 Å². The highest BCUT2D eigenvalue weighted by Crippen LogP contribution is 2.39. The van der Waals surface area contributed by atoms with E-state index in [0.717, 1.165) is 0 Å². The summed E-state index contributed by atoms with van der Waals surface area (Å²) in [5.74, 6) is -0.620. The highest BCUT2D eigenvalue weighted by molar-refractivity contribution is 6.74. The number of carbonyl (C=O) groups is 1. The van der Waals surface area contributed by atoms with Gasteiger partial charge in [0.15, 0.2) is 8.32 Å². The van der Waals surface area contributed by atoms with Crippen LogP contribution in [0.3, 0.4) is 0 Å². The lowest BCUT2D eigenvalue weighted by atomic mass is 9.79. The van der Waals surface area contributed by atoms with Gasteiger partial charge >= 0.3 is 7.12 Å². The van der Waals surface area contributed by atoms with E-state index in [-0.39, 0.29) is 16.6 Å². The van der Waals surface area contributed by atoms with E-state index in [2.05, 4.69) is 33.9 Å². The molecule has 0 bridgehead atoms. The molecule has 0 radical (unpaired) electrons. The van der Waals surface area contributed by atoms with Gasteiger partial charge in [-0.25, -0.2) is 4.39 Å². The van der Waals surface area contributed by atoms with Crippen LogP contribution in [-0.4, -0.2) is 45.2 Å². The number of hydrogen-bond acceptors (Lipinski definition) is 4. The summed E-state index contributed by atoms with van der Waals surface area (Å²) in [5, 5.41) is 0.0104. The molecule has 166 valence electrons. The monoisotopic (exact) mass is 435 g/mol. The molecule has 0 N–H and O–H groups in total. The molecular weight excluding hydrogens is 400 g/mol. The van der Waals surface area contributed by atoms with Crippen molar-refractivity contribution in [1.29, 1.82) is 0 Å². The molecule has 1 aromatic carbocycles. The van der Waals surface area contributed by atoms with Crippen LogP contribution >= 0.6 is 0 Å². The highest BCUT2D eigenvalue weighted by atomic mass is 28.4. The van der Waals surface area contributed by atoms with Crippen LogP contribution < -0.4 is 10.4 Å². The molecule has 8 heteroatoms. The molecule has 3 rings (SSSR count). The van der Waals surface area contributed by atoms with Crippen molar-refractivity contribution in [1.82, 2.24) is 0 Å². The minimum absolute atomic E-state index is 0.0104. The third-order valence-corrected chi connectivity index (χ3v) is 11.7. The molecule has 1 aromatic rings. The Balaban J connectivity index is 1.76. The SMILES string of the molecule is CC1(C)OB(c2ccc(N3CC[C@@H](O[Si](C)(C)C(C)(C)C)C3=O)c(F)c2)OC1(C)C. The molecular formula is C22H35BFNO4Si. The normalized spacial score (nSPS) is 24.1. The van der Waals surface area contributed by atoms with Gasteiger partial charge in [0.25, 0.3) is 5.91 Å². The molecule has 0 unspecified atom stereocenters. The Labute approximate surface area is 181 Å². The fraction of sp³-hybridized carbons (Fsp3) is 0.682. The molecule has 0 saturated carbocycles. The minimum Gasteiger partial charge on any atom is -0.405 e. The molecule has 0 aromatic heterocycles. The first kappa shape index (κ1) is 23.4. The van der Waals surface area contributed by atoms with Crippen molar-refractivity contribution in [2.45, 2.75) is 90.3 Å². The molecule has 2 saturated heterocycles. The maximum atomic E-state index is 15.0. The Morgan fingerprint density at radius 2 is 1.73 bits per heavy atom. The van der Waals surface area contributed by atoms with Gasteiger partial charge in [0.1, 0.15) is 11.9 Å². The lowest BCUT2D eigenvalue weighted by molar-refractivity contribution is -0.123. The number of rotatable bonds is 4. The van der Waals surface area contributed by atoms with E-state index >= 15 is 4.39 Å². The Morgan fingerprint density at radius 1 is 1.17 bits per heavy atom. The molecule has 30 heavy (non-hydrogen) atoms. The number of anilines is 1. The first-order chi connectivity index (χ1) is 13.6. The average molecular weight is 435 g/mol. The van der Waals surface area contributed by atoms with Gasteiger partial charge in [-0.3, -0.25) is 4.79 Å². The molecule has 1 amide bonds. The topological polar surface area (TPSA) is 48.0 Å². The Bertz CT molecular complexity index is 821. The molecule has 2 aliphatic heterocycles. The van der Waals surface area contributed by atoms with E-state index in [1.54, 1.807) is 12.1 Å². The minimum atomic E-state index is -2.08. The standard InChI is InChI=1S/C22H35BFNO4Si/c1-20(2,3)30(8,9)27-18-12-13-25(19(18)26)17-11-10-15(14-16(17)24)23-28-21(4,5)22(6,7)29-23/h10-11,14,18H,12-13H2,1-9H3/t18-/m1/s1. The summed E-state index contributed by atoms with van der Waals surface area (Å²) in [7, 11) is -2.72. The number of carbonyl (C=O) groups excluding carboxylic acids is 1. The van der Waals surface area contributed by atoms with Crippen LogP contribution in [0.4, 0.5) is 10.1 Å². The van der Waals surface area contributed by atoms with Crippen molar-refractivity contribution in [3.05, 3.63) is 24.0 Å². The number of benzene rings is 1. The predicted octanol–water partition coefficient (Wildman–Crippen LogP) is 4.25. The van der Waals surface area contributed by atoms with Crippen molar-refractivity contribution in [3.8, 4) is 0 Å². The maximum Gasteiger partial charge on any atom is 0.494 e. The van der Waals surface area contributed by atoms with E-state index in [1.807, 2.05) is 27.7 Å². The summed E-state index contributed by atoms with van der Waals surface area (Å²) in [6.07, 6.45) is 0.0668. The van der Waals surface area contributed by atoms with Crippen molar-refractivity contribution < 1.29 is 22.9 Å². The second-order valence-electron chi connectivity index (χ2n) is 10.9. The van der Waals surface area contributed by atoms with E-state index in [9.17, 15) is 4.79 Å². The van der Waals surface area contributed by atoms with Crippen LogP contribution in [-0.2, 0) is 18.5 Å². The van der Waals surface area contributed by atoms with Gasteiger partial charge in [0, 0.05) is 6.54 Å². The maximum absolute atomic E-state index is 15.0. The summed E-state index contributed by atoms with van der Waals surface area (Å²) in [4.78, 5) is 14.5. The second-order valence-corrected chi connectivity index (χ2v) is 15.7. The van der Waals surface area contributed by atoms with Gasteiger partial charge in [-0.2, -0.15) is 0 Å². The van der Waals surface area contributed by atoms with E-state index in [0.29, 0.717) is 18.4 Å². The first-order valence-corrected chi connectivity index (χ1v) is 13.6. The first-order valence-electron chi connectivity index (χ1n) is 10.7. The van der Waals surface area contributed by atoms with E-state index in [4.69, 9.17) is 13.7 Å². The smallest absolute Gasteiger partial charge is 0.405 e. The van der Waals surface area contributed by atoms with Gasteiger partial charge in [-0.15, -0.1) is 0 Å². The van der Waals surface area contributed by atoms with E-state index < -0.39 is 38.6 Å². The zero-order chi connectivity index (χ0) is 22.7. The Hall–Kier alpha value is -1.22. The molecule has 5 nitrogen and oxygen atoms in total. The molecule has 2 aliphatic rings. The number of nitrogens with zero attached hydrogens (tertiary/aromatic N) is 1. The molecule has 0 spiro atoms. The van der Waals surface area contributed by atoms with Crippen LogP contribution in [0.25, 0.3) is 0 Å². The summed E-state index contributed by atoms with van der Waals surface area (Å²) >= 11 is 0. The number of amides is 1. The second kappa shape index (κ2) is 7.43. The van der Waals surface area contributed by atoms with Crippen LogP contribution in [0.1, 0.15) is 54.9 Å². The summed E-state index contributed by atoms with van der Waals surface area (Å²) < 4.78 is 33.4.